The molecule has 1 aliphatic carbocycles. The Kier molecular flexibility index (Phi) is 4.68. The molecule has 2 aromatic rings. The van der Waals surface area contributed by atoms with E-state index in [0.717, 1.165) is 28.8 Å². The van der Waals surface area contributed by atoms with E-state index in [1.165, 1.54) is 11.8 Å². The number of benzene rings is 1. The van der Waals surface area contributed by atoms with E-state index in [0.29, 0.717) is 23.2 Å². The SMILES string of the molecule is Nn1c(SCCC(=O)Nc2ccc(Br)cc2)nnc1C1CC1. The number of halogens is 1. The summed E-state index contributed by atoms with van der Waals surface area (Å²) in [6.07, 6.45) is 2.66. The van der Waals surface area contributed by atoms with Gasteiger partial charge in [-0.3, -0.25) is 4.79 Å². The van der Waals surface area contributed by atoms with Crippen LogP contribution in [0, 0.1) is 0 Å². The summed E-state index contributed by atoms with van der Waals surface area (Å²) in [5.41, 5.74) is 0.788. The molecule has 0 atom stereocenters. The fraction of sp³-hybridized carbons (Fsp3) is 0.357. The van der Waals surface area contributed by atoms with Crippen LogP contribution >= 0.6 is 27.7 Å². The van der Waals surface area contributed by atoms with Gasteiger partial charge in [-0.05, 0) is 37.1 Å². The fourth-order valence-electron chi connectivity index (χ4n) is 2.00. The van der Waals surface area contributed by atoms with Crippen LogP contribution in [-0.4, -0.2) is 26.5 Å². The number of hydrogen-bond acceptors (Lipinski definition) is 5. The highest BCUT2D eigenvalue weighted by atomic mass is 79.9. The van der Waals surface area contributed by atoms with Crippen LogP contribution in [-0.2, 0) is 4.79 Å². The van der Waals surface area contributed by atoms with Gasteiger partial charge in [-0.2, -0.15) is 0 Å². The largest absolute Gasteiger partial charge is 0.336 e. The first kappa shape index (κ1) is 15.4. The molecule has 1 aliphatic rings. The van der Waals surface area contributed by atoms with Crippen molar-refractivity contribution in [2.75, 3.05) is 16.9 Å². The average molecular weight is 382 g/mol. The molecule has 8 heteroatoms. The molecule has 1 heterocycles. The molecule has 3 rings (SSSR count). The van der Waals surface area contributed by atoms with Gasteiger partial charge in [0.15, 0.2) is 5.82 Å². The third kappa shape index (κ3) is 3.80. The van der Waals surface area contributed by atoms with E-state index >= 15 is 0 Å². The number of carbonyl (C=O) groups excluding carboxylic acids is 1. The quantitative estimate of drug-likeness (QED) is 0.593. The Bertz CT molecular complexity index is 668. The van der Waals surface area contributed by atoms with Crippen LogP contribution in [0.25, 0.3) is 0 Å². The summed E-state index contributed by atoms with van der Waals surface area (Å²) < 4.78 is 2.53. The molecule has 22 heavy (non-hydrogen) atoms. The maximum Gasteiger partial charge on any atom is 0.225 e. The number of hydrogen-bond donors (Lipinski definition) is 2. The third-order valence-electron chi connectivity index (χ3n) is 3.32. The van der Waals surface area contributed by atoms with Crippen LogP contribution < -0.4 is 11.2 Å². The molecule has 3 N–H and O–H groups in total. The average Bonchev–Trinajstić information content (AvgIpc) is 3.27. The lowest BCUT2D eigenvalue weighted by atomic mass is 10.3. The minimum atomic E-state index is -0.0275. The molecule has 1 saturated carbocycles. The third-order valence-corrected chi connectivity index (χ3v) is 4.80. The molecule has 1 amide bonds. The topological polar surface area (TPSA) is 85.8 Å². The lowest BCUT2D eigenvalue weighted by Gasteiger charge is -2.05. The Hall–Kier alpha value is -1.54. The van der Waals surface area contributed by atoms with Gasteiger partial charge in [0.05, 0.1) is 0 Å². The second-order valence-corrected chi connectivity index (χ2v) is 7.12. The second kappa shape index (κ2) is 6.70. The summed E-state index contributed by atoms with van der Waals surface area (Å²) in [4.78, 5) is 11.9. The van der Waals surface area contributed by atoms with Gasteiger partial charge in [-0.25, -0.2) is 4.68 Å². The summed E-state index contributed by atoms with van der Waals surface area (Å²) >= 11 is 4.81. The van der Waals surface area contributed by atoms with E-state index in [1.807, 2.05) is 24.3 Å². The molecule has 0 aliphatic heterocycles. The van der Waals surface area contributed by atoms with Gasteiger partial charge < -0.3 is 11.2 Å². The maximum atomic E-state index is 11.9. The van der Waals surface area contributed by atoms with Gasteiger partial charge in [0.1, 0.15) is 0 Å². The molecule has 0 bridgehead atoms. The van der Waals surface area contributed by atoms with Crippen LogP contribution in [0.4, 0.5) is 5.69 Å². The highest BCUT2D eigenvalue weighted by molar-refractivity contribution is 9.10. The number of nitrogen functional groups attached to an aromatic ring is 1. The number of anilines is 1. The number of carbonyl (C=O) groups is 1. The lowest BCUT2D eigenvalue weighted by Crippen LogP contribution is -2.15. The van der Waals surface area contributed by atoms with Gasteiger partial charge in [0.2, 0.25) is 11.1 Å². The van der Waals surface area contributed by atoms with Crippen LogP contribution in [0.2, 0.25) is 0 Å². The predicted octanol–water partition coefficient (Wildman–Crippen LogP) is 2.75. The van der Waals surface area contributed by atoms with E-state index in [-0.39, 0.29) is 5.91 Å². The van der Waals surface area contributed by atoms with Crippen molar-refractivity contribution in [1.82, 2.24) is 14.9 Å². The van der Waals surface area contributed by atoms with Gasteiger partial charge in [0, 0.05) is 28.3 Å². The van der Waals surface area contributed by atoms with Crippen LogP contribution in [0.3, 0.4) is 0 Å². The number of aromatic nitrogens is 3. The summed E-state index contributed by atoms with van der Waals surface area (Å²) in [5, 5.41) is 11.7. The van der Waals surface area contributed by atoms with Crippen molar-refractivity contribution in [3.05, 3.63) is 34.6 Å². The van der Waals surface area contributed by atoms with Crippen LogP contribution in [0.15, 0.2) is 33.9 Å². The van der Waals surface area contributed by atoms with Crippen molar-refractivity contribution in [1.29, 1.82) is 0 Å². The zero-order valence-corrected chi connectivity index (χ0v) is 14.2. The van der Waals surface area contributed by atoms with E-state index < -0.39 is 0 Å². The normalized spacial score (nSPS) is 14.0. The Balaban J connectivity index is 1.46. The number of nitrogens with two attached hydrogens (primary N) is 1. The lowest BCUT2D eigenvalue weighted by molar-refractivity contribution is -0.115. The van der Waals surface area contributed by atoms with Crippen molar-refractivity contribution in [3.63, 3.8) is 0 Å². The van der Waals surface area contributed by atoms with Crippen LogP contribution in [0.1, 0.15) is 31.0 Å². The number of rotatable bonds is 6. The molecule has 1 aromatic heterocycles. The van der Waals surface area contributed by atoms with E-state index in [2.05, 4.69) is 31.4 Å². The Morgan fingerprint density at radius 3 is 2.77 bits per heavy atom. The predicted molar refractivity (Wildman–Crippen MR) is 90.3 cm³/mol. The first-order chi connectivity index (χ1) is 10.6. The smallest absolute Gasteiger partial charge is 0.225 e. The minimum Gasteiger partial charge on any atom is -0.336 e. The molecule has 0 spiro atoms. The Morgan fingerprint density at radius 2 is 2.09 bits per heavy atom. The fourth-order valence-corrected chi connectivity index (χ4v) is 3.06. The van der Waals surface area contributed by atoms with E-state index in [4.69, 9.17) is 5.84 Å². The molecule has 0 radical (unpaired) electrons. The van der Waals surface area contributed by atoms with Crippen molar-refractivity contribution < 1.29 is 4.79 Å². The molecule has 6 nitrogen and oxygen atoms in total. The van der Waals surface area contributed by atoms with Crippen molar-refractivity contribution in [2.24, 2.45) is 0 Å². The maximum absolute atomic E-state index is 11.9. The molecular weight excluding hydrogens is 366 g/mol. The first-order valence-electron chi connectivity index (χ1n) is 7.02. The van der Waals surface area contributed by atoms with Gasteiger partial charge in [0.25, 0.3) is 0 Å². The zero-order chi connectivity index (χ0) is 15.5. The molecular formula is C14H16BrN5OS. The molecule has 0 unspecified atom stereocenters. The van der Waals surface area contributed by atoms with E-state index in [9.17, 15) is 4.79 Å². The number of nitrogens with one attached hydrogen (secondary N) is 1. The standard InChI is InChI=1S/C14H16BrN5OS/c15-10-3-5-11(6-4-10)17-12(21)7-8-22-14-19-18-13(20(14)16)9-1-2-9/h3-6,9H,1-2,7-8,16H2,(H,17,21). The minimum absolute atomic E-state index is 0.0275. The van der Waals surface area contributed by atoms with Crippen molar-refractivity contribution in [3.8, 4) is 0 Å². The summed E-state index contributed by atoms with van der Waals surface area (Å²) in [5.74, 6) is 7.86. The number of nitrogens with zero attached hydrogens (tertiary/aromatic N) is 3. The van der Waals surface area contributed by atoms with Gasteiger partial charge >= 0.3 is 0 Å². The first-order valence-corrected chi connectivity index (χ1v) is 8.80. The van der Waals surface area contributed by atoms with E-state index in [1.54, 1.807) is 4.68 Å². The Morgan fingerprint density at radius 1 is 1.36 bits per heavy atom. The van der Waals surface area contributed by atoms with Crippen molar-refractivity contribution in [2.45, 2.75) is 30.3 Å². The van der Waals surface area contributed by atoms with Crippen molar-refractivity contribution >= 4 is 39.3 Å². The summed E-state index contributed by atoms with van der Waals surface area (Å²) in [7, 11) is 0. The van der Waals surface area contributed by atoms with Crippen LogP contribution in [0.5, 0.6) is 0 Å². The van der Waals surface area contributed by atoms with Gasteiger partial charge in [-0.1, -0.05) is 27.7 Å². The monoisotopic (exact) mass is 381 g/mol. The molecule has 0 saturated heterocycles. The number of thioether (sulfide) groups is 1. The van der Waals surface area contributed by atoms with Gasteiger partial charge in [-0.15, -0.1) is 10.2 Å². The highest BCUT2D eigenvalue weighted by Crippen LogP contribution is 2.39. The molecule has 1 fully saturated rings. The highest BCUT2D eigenvalue weighted by Gasteiger charge is 2.29. The Labute approximate surface area is 141 Å². The zero-order valence-electron chi connectivity index (χ0n) is 11.8. The second-order valence-electron chi connectivity index (χ2n) is 5.14. The summed E-state index contributed by atoms with van der Waals surface area (Å²) in [6.45, 7) is 0. The number of amides is 1. The molecule has 116 valence electrons. The summed E-state index contributed by atoms with van der Waals surface area (Å²) in [6, 6.07) is 7.49. The molecule has 1 aromatic carbocycles.